The predicted molar refractivity (Wildman–Crippen MR) is 93.4 cm³/mol. The van der Waals surface area contributed by atoms with Crippen LogP contribution in [0.3, 0.4) is 0 Å². The summed E-state index contributed by atoms with van der Waals surface area (Å²) in [7, 11) is 0. The van der Waals surface area contributed by atoms with Gasteiger partial charge in [0.1, 0.15) is 5.69 Å². The van der Waals surface area contributed by atoms with E-state index in [0.717, 1.165) is 17.7 Å². The minimum absolute atomic E-state index is 0.124. The summed E-state index contributed by atoms with van der Waals surface area (Å²) >= 11 is 0. The Morgan fingerprint density at radius 3 is 2.71 bits per heavy atom. The van der Waals surface area contributed by atoms with E-state index < -0.39 is 0 Å². The molecule has 0 aliphatic heterocycles. The molecule has 0 aliphatic rings. The smallest absolute Gasteiger partial charge is 0.270 e. The van der Waals surface area contributed by atoms with Crippen molar-refractivity contribution in [1.82, 2.24) is 15.3 Å². The molecule has 1 aromatic carbocycles. The lowest BCUT2D eigenvalue weighted by Crippen LogP contribution is -2.28. The van der Waals surface area contributed by atoms with Crippen molar-refractivity contribution < 1.29 is 9.53 Å². The number of nitrogens with two attached hydrogens (primary N) is 1. The van der Waals surface area contributed by atoms with E-state index >= 15 is 0 Å². The number of ether oxygens (including phenoxy) is 1. The van der Waals surface area contributed by atoms with Gasteiger partial charge in [0, 0.05) is 12.2 Å². The fourth-order valence-corrected chi connectivity index (χ4v) is 2.25. The molecule has 0 aliphatic carbocycles. The molecule has 6 heteroatoms. The van der Waals surface area contributed by atoms with Crippen LogP contribution < -0.4 is 11.1 Å². The Balaban J connectivity index is 1.78. The largest absolute Gasteiger partial charge is 0.375 e. The fourth-order valence-electron chi connectivity index (χ4n) is 2.25. The second kappa shape index (κ2) is 8.98. The van der Waals surface area contributed by atoms with Crippen molar-refractivity contribution in [1.29, 1.82) is 0 Å². The molecule has 0 unspecified atom stereocenters. The van der Waals surface area contributed by atoms with Crippen LogP contribution in [0.5, 0.6) is 0 Å². The standard InChI is InChI=1S/C18H24N4O2/c1-13(2)10-15-11-16(22-18(19)21-15)17(23)20-8-9-24-12-14-6-4-3-5-7-14/h3-7,11,13H,8-10,12H2,1-2H3,(H,20,23)(H2,19,21,22). The third-order valence-electron chi connectivity index (χ3n) is 3.29. The molecular formula is C18H24N4O2. The van der Waals surface area contributed by atoms with Gasteiger partial charge in [-0.25, -0.2) is 9.97 Å². The number of nitrogens with one attached hydrogen (secondary N) is 1. The molecule has 24 heavy (non-hydrogen) atoms. The lowest BCUT2D eigenvalue weighted by Gasteiger charge is -2.09. The van der Waals surface area contributed by atoms with Gasteiger partial charge >= 0.3 is 0 Å². The molecule has 2 aromatic rings. The Labute approximate surface area is 142 Å². The Bertz CT molecular complexity index is 659. The molecule has 128 valence electrons. The molecule has 0 bridgehead atoms. The Morgan fingerprint density at radius 1 is 1.25 bits per heavy atom. The SMILES string of the molecule is CC(C)Cc1cc(C(=O)NCCOCc2ccccc2)nc(N)n1. The summed E-state index contributed by atoms with van der Waals surface area (Å²) in [5.41, 5.74) is 7.86. The van der Waals surface area contributed by atoms with Crippen molar-refractivity contribution in [2.75, 3.05) is 18.9 Å². The van der Waals surface area contributed by atoms with Crippen molar-refractivity contribution in [3.63, 3.8) is 0 Å². The summed E-state index contributed by atoms with van der Waals surface area (Å²) in [5.74, 6) is 0.289. The first kappa shape index (κ1) is 17.9. The second-order valence-electron chi connectivity index (χ2n) is 5.99. The quantitative estimate of drug-likeness (QED) is 0.725. The zero-order valence-electron chi connectivity index (χ0n) is 14.2. The van der Waals surface area contributed by atoms with Crippen LogP contribution in [0.25, 0.3) is 0 Å². The molecule has 1 amide bonds. The molecule has 2 rings (SSSR count). The van der Waals surface area contributed by atoms with E-state index in [1.807, 2.05) is 30.3 Å². The van der Waals surface area contributed by atoms with Crippen LogP contribution in [0.2, 0.25) is 0 Å². The maximum absolute atomic E-state index is 12.2. The number of aromatic nitrogens is 2. The first-order chi connectivity index (χ1) is 11.5. The van der Waals surface area contributed by atoms with E-state index in [4.69, 9.17) is 10.5 Å². The van der Waals surface area contributed by atoms with Gasteiger partial charge in [-0.3, -0.25) is 4.79 Å². The molecule has 0 fully saturated rings. The molecule has 1 aromatic heterocycles. The van der Waals surface area contributed by atoms with Crippen LogP contribution in [-0.4, -0.2) is 29.0 Å². The van der Waals surface area contributed by atoms with Crippen molar-refractivity contribution in [3.05, 3.63) is 53.3 Å². The minimum Gasteiger partial charge on any atom is -0.375 e. The van der Waals surface area contributed by atoms with Gasteiger partial charge in [-0.15, -0.1) is 0 Å². The third kappa shape index (κ3) is 5.96. The molecule has 0 atom stereocenters. The lowest BCUT2D eigenvalue weighted by molar-refractivity contribution is 0.0896. The topological polar surface area (TPSA) is 90.1 Å². The maximum atomic E-state index is 12.2. The third-order valence-corrected chi connectivity index (χ3v) is 3.29. The zero-order valence-corrected chi connectivity index (χ0v) is 14.2. The van der Waals surface area contributed by atoms with Crippen molar-refractivity contribution in [2.24, 2.45) is 5.92 Å². The van der Waals surface area contributed by atoms with Gasteiger partial charge in [-0.2, -0.15) is 0 Å². The number of nitrogen functional groups attached to an aromatic ring is 1. The van der Waals surface area contributed by atoms with Crippen LogP contribution in [0, 0.1) is 5.92 Å². The zero-order chi connectivity index (χ0) is 17.4. The van der Waals surface area contributed by atoms with Crippen LogP contribution in [0.1, 0.15) is 35.6 Å². The van der Waals surface area contributed by atoms with E-state index in [1.165, 1.54) is 0 Å². The molecule has 0 radical (unpaired) electrons. The minimum atomic E-state index is -0.266. The molecule has 3 N–H and O–H groups in total. The van der Waals surface area contributed by atoms with Crippen LogP contribution in [-0.2, 0) is 17.8 Å². The fraction of sp³-hybridized carbons (Fsp3) is 0.389. The Morgan fingerprint density at radius 2 is 2.00 bits per heavy atom. The molecule has 0 saturated heterocycles. The van der Waals surface area contributed by atoms with Crippen molar-refractivity contribution in [3.8, 4) is 0 Å². The highest BCUT2D eigenvalue weighted by Gasteiger charge is 2.11. The van der Waals surface area contributed by atoms with E-state index in [0.29, 0.717) is 31.4 Å². The number of hydrogen-bond acceptors (Lipinski definition) is 5. The highest BCUT2D eigenvalue weighted by Crippen LogP contribution is 2.09. The first-order valence-corrected chi connectivity index (χ1v) is 8.08. The van der Waals surface area contributed by atoms with Gasteiger partial charge in [0.05, 0.1) is 13.2 Å². The average molecular weight is 328 g/mol. The normalized spacial score (nSPS) is 10.8. The highest BCUT2D eigenvalue weighted by molar-refractivity contribution is 5.92. The number of rotatable bonds is 8. The maximum Gasteiger partial charge on any atom is 0.270 e. The Hall–Kier alpha value is -2.47. The van der Waals surface area contributed by atoms with Gasteiger partial charge in [-0.05, 0) is 24.0 Å². The van der Waals surface area contributed by atoms with Crippen LogP contribution >= 0.6 is 0 Å². The van der Waals surface area contributed by atoms with E-state index in [-0.39, 0.29) is 11.9 Å². The first-order valence-electron chi connectivity index (χ1n) is 8.08. The van der Waals surface area contributed by atoms with Crippen molar-refractivity contribution in [2.45, 2.75) is 26.9 Å². The average Bonchev–Trinajstić information content (AvgIpc) is 2.54. The lowest BCUT2D eigenvalue weighted by atomic mass is 10.1. The summed E-state index contributed by atoms with van der Waals surface area (Å²) in [4.78, 5) is 20.3. The molecule has 0 saturated carbocycles. The second-order valence-corrected chi connectivity index (χ2v) is 5.99. The summed E-state index contributed by atoms with van der Waals surface area (Å²) in [6.45, 7) is 5.54. The van der Waals surface area contributed by atoms with Gasteiger partial charge in [0.2, 0.25) is 5.95 Å². The van der Waals surface area contributed by atoms with E-state index in [9.17, 15) is 4.79 Å². The number of nitrogens with zero attached hydrogens (tertiary/aromatic N) is 2. The predicted octanol–water partition coefficient (Wildman–Crippen LogP) is 2.20. The number of anilines is 1. The summed E-state index contributed by atoms with van der Waals surface area (Å²) in [5, 5.41) is 2.78. The van der Waals surface area contributed by atoms with Crippen molar-refractivity contribution >= 4 is 11.9 Å². The van der Waals surface area contributed by atoms with Gasteiger partial charge in [0.15, 0.2) is 0 Å². The molecule has 1 heterocycles. The monoisotopic (exact) mass is 328 g/mol. The number of carbonyl (C=O) groups is 1. The van der Waals surface area contributed by atoms with Gasteiger partial charge in [0.25, 0.3) is 5.91 Å². The number of amides is 1. The molecule has 6 nitrogen and oxygen atoms in total. The number of hydrogen-bond donors (Lipinski definition) is 2. The van der Waals surface area contributed by atoms with Crippen LogP contribution in [0.4, 0.5) is 5.95 Å². The summed E-state index contributed by atoms with van der Waals surface area (Å²) < 4.78 is 5.53. The van der Waals surface area contributed by atoms with E-state index in [2.05, 4.69) is 29.1 Å². The van der Waals surface area contributed by atoms with Gasteiger partial charge in [-0.1, -0.05) is 44.2 Å². The number of carbonyl (C=O) groups excluding carboxylic acids is 1. The summed E-state index contributed by atoms with van der Waals surface area (Å²) in [6, 6.07) is 11.6. The number of benzene rings is 1. The Kier molecular flexibility index (Phi) is 6.69. The molecule has 0 spiro atoms. The van der Waals surface area contributed by atoms with Crippen LogP contribution in [0.15, 0.2) is 36.4 Å². The molecular weight excluding hydrogens is 304 g/mol. The van der Waals surface area contributed by atoms with Gasteiger partial charge < -0.3 is 15.8 Å². The van der Waals surface area contributed by atoms with E-state index in [1.54, 1.807) is 6.07 Å². The highest BCUT2D eigenvalue weighted by atomic mass is 16.5. The summed E-state index contributed by atoms with van der Waals surface area (Å²) in [6.07, 6.45) is 0.757.